The van der Waals surface area contributed by atoms with Crippen molar-refractivity contribution < 1.29 is 17.9 Å². The van der Waals surface area contributed by atoms with E-state index in [0.717, 1.165) is 0 Å². The molecule has 9 heteroatoms. The molecule has 2 unspecified atom stereocenters. The minimum absolute atomic E-state index is 0.0144. The smallest absolute Gasteiger partial charge is 0.246 e. The number of ether oxygens (including phenoxy) is 1. The molecule has 0 spiro atoms. The van der Waals surface area contributed by atoms with E-state index < -0.39 is 10.0 Å². The third-order valence-electron chi connectivity index (χ3n) is 5.05. The van der Waals surface area contributed by atoms with Crippen LogP contribution in [0.25, 0.3) is 0 Å². The third kappa shape index (κ3) is 4.43. The molecule has 0 aliphatic carbocycles. The summed E-state index contributed by atoms with van der Waals surface area (Å²) in [6, 6.07) is 4.63. The first kappa shape index (κ1) is 20.9. The number of amides is 1. The number of nitrogens with zero attached hydrogens (tertiary/aromatic N) is 2. The number of morpholine rings is 1. The lowest BCUT2D eigenvalue weighted by atomic mass is 9.96. The Balaban J connectivity index is 1.67. The lowest BCUT2D eigenvalue weighted by molar-refractivity contribution is -0.148. The first-order valence-electron chi connectivity index (χ1n) is 9.08. The standard InChI is InChI=1S/C18H24Cl2N2O4S/c1-12-10-21(11-13(2)26-12)18(23)14-6-8-22(9-7-14)27(24,25)17-15(19)4-3-5-16(17)20/h3-5,12-14H,6-11H2,1-2H3. The molecule has 2 aliphatic heterocycles. The number of halogens is 2. The van der Waals surface area contributed by atoms with Crippen molar-refractivity contribution in [1.82, 2.24) is 9.21 Å². The van der Waals surface area contributed by atoms with Crippen LogP contribution in [0.4, 0.5) is 0 Å². The molecule has 2 heterocycles. The van der Waals surface area contributed by atoms with Gasteiger partial charge in [0.15, 0.2) is 0 Å². The third-order valence-corrected chi connectivity index (χ3v) is 7.91. The SMILES string of the molecule is CC1CN(C(=O)C2CCN(S(=O)(=O)c3c(Cl)cccc3Cl)CC2)CC(C)O1. The minimum atomic E-state index is -3.79. The molecule has 2 fully saturated rings. The molecule has 2 aliphatic rings. The lowest BCUT2D eigenvalue weighted by Crippen LogP contribution is -2.51. The fourth-order valence-electron chi connectivity index (χ4n) is 3.82. The van der Waals surface area contributed by atoms with Gasteiger partial charge in [-0.15, -0.1) is 0 Å². The largest absolute Gasteiger partial charge is 0.372 e. The number of piperidine rings is 1. The Labute approximate surface area is 170 Å². The molecule has 0 radical (unpaired) electrons. The Morgan fingerprint density at radius 3 is 2.11 bits per heavy atom. The Kier molecular flexibility index (Phi) is 6.37. The van der Waals surface area contributed by atoms with Gasteiger partial charge in [-0.3, -0.25) is 4.79 Å². The quantitative estimate of drug-likeness (QED) is 0.732. The summed E-state index contributed by atoms with van der Waals surface area (Å²) < 4.78 is 32.9. The van der Waals surface area contributed by atoms with Gasteiger partial charge < -0.3 is 9.64 Å². The van der Waals surface area contributed by atoms with Gasteiger partial charge in [0, 0.05) is 32.1 Å². The predicted octanol–water partition coefficient (Wildman–Crippen LogP) is 3.03. The van der Waals surface area contributed by atoms with E-state index in [0.29, 0.717) is 25.9 Å². The topological polar surface area (TPSA) is 66.9 Å². The van der Waals surface area contributed by atoms with Crippen molar-refractivity contribution in [2.45, 2.75) is 43.8 Å². The normalized spacial score (nSPS) is 25.6. The zero-order chi connectivity index (χ0) is 19.8. The summed E-state index contributed by atoms with van der Waals surface area (Å²) in [6.45, 7) is 5.62. The Hall–Kier alpha value is -0.860. The second-order valence-corrected chi connectivity index (χ2v) is 9.92. The van der Waals surface area contributed by atoms with Crippen LogP contribution in [0, 0.1) is 5.92 Å². The summed E-state index contributed by atoms with van der Waals surface area (Å²) in [5, 5.41) is 0.217. The van der Waals surface area contributed by atoms with Crippen LogP contribution in [0.2, 0.25) is 10.0 Å². The van der Waals surface area contributed by atoms with Crippen molar-refractivity contribution >= 4 is 39.1 Å². The van der Waals surface area contributed by atoms with Crippen molar-refractivity contribution in [2.75, 3.05) is 26.2 Å². The average molecular weight is 435 g/mol. The van der Waals surface area contributed by atoms with E-state index in [2.05, 4.69) is 0 Å². The Morgan fingerprint density at radius 2 is 1.59 bits per heavy atom. The van der Waals surface area contributed by atoms with Crippen LogP contribution >= 0.6 is 23.2 Å². The molecular weight excluding hydrogens is 411 g/mol. The molecule has 1 aromatic carbocycles. The van der Waals surface area contributed by atoms with E-state index in [9.17, 15) is 13.2 Å². The summed E-state index contributed by atoms with van der Waals surface area (Å²) in [6.07, 6.45) is 1.00. The van der Waals surface area contributed by atoms with Crippen molar-refractivity contribution in [3.05, 3.63) is 28.2 Å². The summed E-state index contributed by atoms with van der Waals surface area (Å²) in [5.74, 6) is -0.0829. The second kappa shape index (κ2) is 8.25. The van der Waals surface area contributed by atoms with Gasteiger partial charge >= 0.3 is 0 Å². The Bertz CT molecular complexity index is 779. The highest BCUT2D eigenvalue weighted by Gasteiger charge is 2.37. The number of hydrogen-bond donors (Lipinski definition) is 0. The first-order valence-corrected chi connectivity index (χ1v) is 11.3. The first-order chi connectivity index (χ1) is 12.7. The van der Waals surface area contributed by atoms with E-state index in [1.54, 1.807) is 6.07 Å². The van der Waals surface area contributed by atoms with E-state index in [1.165, 1.54) is 16.4 Å². The van der Waals surface area contributed by atoms with E-state index in [4.69, 9.17) is 27.9 Å². The molecule has 2 atom stereocenters. The van der Waals surface area contributed by atoms with Crippen LogP contribution in [0.5, 0.6) is 0 Å². The molecule has 27 heavy (non-hydrogen) atoms. The Morgan fingerprint density at radius 1 is 1.07 bits per heavy atom. The van der Waals surface area contributed by atoms with Gasteiger partial charge in [0.05, 0.1) is 22.3 Å². The molecule has 0 saturated carbocycles. The predicted molar refractivity (Wildman–Crippen MR) is 105 cm³/mol. The van der Waals surface area contributed by atoms with Crippen molar-refractivity contribution in [2.24, 2.45) is 5.92 Å². The number of sulfonamides is 1. The van der Waals surface area contributed by atoms with Crippen molar-refractivity contribution in [1.29, 1.82) is 0 Å². The maximum absolute atomic E-state index is 12.9. The van der Waals surface area contributed by atoms with Crippen LogP contribution in [0.3, 0.4) is 0 Å². The number of hydrogen-bond acceptors (Lipinski definition) is 4. The maximum Gasteiger partial charge on any atom is 0.246 e. The molecular formula is C18H24Cl2N2O4S. The van der Waals surface area contributed by atoms with Gasteiger partial charge in [-0.1, -0.05) is 29.3 Å². The number of carbonyl (C=O) groups is 1. The molecule has 3 rings (SSSR count). The van der Waals surface area contributed by atoms with Gasteiger partial charge in [0.1, 0.15) is 4.90 Å². The minimum Gasteiger partial charge on any atom is -0.372 e. The van der Waals surface area contributed by atoms with Gasteiger partial charge in [0.25, 0.3) is 0 Å². The lowest BCUT2D eigenvalue weighted by Gasteiger charge is -2.39. The highest BCUT2D eigenvalue weighted by atomic mass is 35.5. The maximum atomic E-state index is 12.9. The van der Waals surface area contributed by atoms with E-state index >= 15 is 0 Å². The van der Waals surface area contributed by atoms with E-state index in [1.807, 2.05) is 18.7 Å². The highest BCUT2D eigenvalue weighted by Crippen LogP contribution is 2.33. The summed E-state index contributed by atoms with van der Waals surface area (Å²) >= 11 is 12.2. The van der Waals surface area contributed by atoms with Crippen LogP contribution < -0.4 is 0 Å². The monoisotopic (exact) mass is 434 g/mol. The fraction of sp³-hybridized carbons (Fsp3) is 0.611. The molecule has 0 N–H and O–H groups in total. The zero-order valence-corrected chi connectivity index (χ0v) is 17.7. The van der Waals surface area contributed by atoms with Crippen LogP contribution in [-0.4, -0.2) is 61.9 Å². The van der Waals surface area contributed by atoms with Crippen LogP contribution in [0.15, 0.2) is 23.1 Å². The van der Waals surface area contributed by atoms with Crippen molar-refractivity contribution in [3.63, 3.8) is 0 Å². The number of benzene rings is 1. The average Bonchev–Trinajstić information content (AvgIpc) is 2.60. The molecule has 2 saturated heterocycles. The van der Waals surface area contributed by atoms with Crippen molar-refractivity contribution in [3.8, 4) is 0 Å². The highest BCUT2D eigenvalue weighted by molar-refractivity contribution is 7.89. The molecule has 1 amide bonds. The number of carbonyl (C=O) groups excluding carboxylic acids is 1. The van der Waals surface area contributed by atoms with Gasteiger partial charge in [0.2, 0.25) is 15.9 Å². The molecule has 150 valence electrons. The molecule has 1 aromatic rings. The number of rotatable bonds is 3. The summed E-state index contributed by atoms with van der Waals surface area (Å²) in [4.78, 5) is 14.6. The van der Waals surface area contributed by atoms with Crippen LogP contribution in [-0.2, 0) is 19.6 Å². The van der Waals surface area contributed by atoms with Gasteiger partial charge in [-0.25, -0.2) is 8.42 Å². The fourth-order valence-corrected chi connectivity index (χ4v) is 6.38. The zero-order valence-electron chi connectivity index (χ0n) is 15.4. The summed E-state index contributed by atoms with van der Waals surface area (Å²) in [7, 11) is -3.79. The van der Waals surface area contributed by atoms with Gasteiger partial charge in [-0.05, 0) is 38.8 Å². The molecule has 6 nitrogen and oxygen atoms in total. The van der Waals surface area contributed by atoms with Crippen LogP contribution in [0.1, 0.15) is 26.7 Å². The molecule has 0 bridgehead atoms. The summed E-state index contributed by atoms with van der Waals surface area (Å²) in [5.41, 5.74) is 0. The van der Waals surface area contributed by atoms with Gasteiger partial charge in [-0.2, -0.15) is 4.31 Å². The molecule has 0 aromatic heterocycles. The second-order valence-electron chi connectivity index (χ2n) is 7.23. The van der Waals surface area contributed by atoms with E-state index in [-0.39, 0.29) is 52.1 Å².